The molecule has 11 amide bonds. The van der Waals surface area contributed by atoms with Crippen molar-refractivity contribution >= 4 is 82.7 Å². The number of nitrogens with zero attached hydrogens (tertiary/aromatic N) is 9. The summed E-state index contributed by atoms with van der Waals surface area (Å²) >= 11 is 1.04. The molecule has 1 heterocycles. The highest BCUT2D eigenvalue weighted by molar-refractivity contribution is 8.00. The minimum atomic E-state index is -1.66. The maximum absolute atomic E-state index is 15.4. The SMILES string of the molecule is C/C=C/CC(C)C(O)C1C(=O)NC(CC)C(=O)N(C)C(SCCN=C(N)N(C)C)C(=O)N(C)[C@@H](CC(C)C)C(=O)NC(C(C)C)C(=O)N(C)C(CC(C)C)C(=O)NC(C)C(=O)NC(C)C(=O)N(C)C(CC(C)C)C(=O)N(C)C(CC(C)C)C(=O)N(C)C(C(C)C)C(=O)N1C. The summed E-state index contributed by atoms with van der Waals surface area (Å²) in [6, 6.07) is -12.8. The fraction of sp³-hybridized carbons (Fsp3) is 0.791. The molecular formula is C67H122N14O12S. The maximum Gasteiger partial charge on any atom is 0.256 e. The highest BCUT2D eigenvalue weighted by Crippen LogP contribution is 2.27. The van der Waals surface area contributed by atoms with Gasteiger partial charge in [-0.3, -0.25) is 57.7 Å². The summed E-state index contributed by atoms with van der Waals surface area (Å²) in [5, 5.41) is 22.0. The third-order valence-electron chi connectivity index (χ3n) is 17.3. The summed E-state index contributed by atoms with van der Waals surface area (Å²) in [6.07, 6.45) is 2.81. The van der Waals surface area contributed by atoms with Gasteiger partial charge < -0.3 is 71.3 Å². The van der Waals surface area contributed by atoms with Gasteiger partial charge in [-0.25, -0.2) is 0 Å². The average molecular weight is 1350 g/mol. The van der Waals surface area contributed by atoms with Gasteiger partial charge in [0.15, 0.2) is 11.3 Å². The van der Waals surface area contributed by atoms with Crippen molar-refractivity contribution in [3.63, 3.8) is 0 Å². The van der Waals surface area contributed by atoms with Gasteiger partial charge in [0.1, 0.15) is 60.4 Å². The number of hydrogen-bond acceptors (Lipinski definition) is 14. The standard InChI is InChI=1S/C67H122N14O12S/c1-27-29-30-43(15)54(82)53-58(86)72-46(28-2)60(88)81(26)66(94-32-31-69-67(68)74(18)19)65(93)76(21)48(34-38(5)6)57(85)73-51(41(11)12)63(91)75(20)47(33-37(3)4)56(84)70-44(16)55(83)71-45(17)59(87)77(22)49(35-39(7)8)61(89)78(23)50(36-40(9)10)62(90)79(24)52(42(13)14)64(92)80(53)25/h27,29,37-54,66,82H,28,30-36H2,1-26H3,(H2,68,69)(H,70,84)(H,71,83)(H,72,86)(H,73,85)/b29-27+/t43?,44?,45?,46?,47?,48-,49?,50?,51?,52?,53?,54?,66?/m0/s1. The van der Waals surface area contributed by atoms with E-state index in [9.17, 15) is 29.1 Å². The average Bonchev–Trinajstić information content (AvgIpc) is 0.816. The molecule has 0 aromatic carbocycles. The van der Waals surface area contributed by atoms with E-state index in [-0.39, 0.29) is 80.5 Å². The quantitative estimate of drug-likeness (QED) is 0.0468. The first-order valence-corrected chi connectivity index (χ1v) is 34.5. The Hall–Kier alpha value is -6.51. The van der Waals surface area contributed by atoms with E-state index in [0.717, 1.165) is 16.7 Å². The molecule has 27 heteroatoms. The summed E-state index contributed by atoms with van der Waals surface area (Å²) < 4.78 is 0. The number of rotatable bonds is 19. The van der Waals surface area contributed by atoms with Gasteiger partial charge in [-0.2, -0.15) is 0 Å². The summed E-state index contributed by atoms with van der Waals surface area (Å²) in [7, 11) is 13.4. The largest absolute Gasteiger partial charge is 0.390 e. The fourth-order valence-corrected chi connectivity index (χ4v) is 12.4. The number of allylic oxidation sites excluding steroid dienone is 2. The number of guanidine groups is 1. The van der Waals surface area contributed by atoms with Crippen molar-refractivity contribution in [1.29, 1.82) is 0 Å². The molecule has 12 unspecified atom stereocenters. The van der Waals surface area contributed by atoms with Crippen LogP contribution in [-0.4, -0.2) is 263 Å². The van der Waals surface area contributed by atoms with Gasteiger partial charge in [0.05, 0.1) is 12.6 Å². The molecule has 1 fully saturated rings. The Morgan fingerprint density at radius 2 is 0.947 bits per heavy atom. The van der Waals surface area contributed by atoms with E-state index < -0.39 is 155 Å². The predicted molar refractivity (Wildman–Crippen MR) is 370 cm³/mol. The van der Waals surface area contributed by atoms with Crippen molar-refractivity contribution in [2.45, 2.75) is 228 Å². The summed E-state index contributed by atoms with van der Waals surface area (Å²) in [6.45, 7) is 29.9. The third-order valence-corrected chi connectivity index (χ3v) is 18.5. The van der Waals surface area contributed by atoms with Crippen molar-refractivity contribution < 1.29 is 57.8 Å². The van der Waals surface area contributed by atoms with Crippen LogP contribution < -0.4 is 27.0 Å². The third kappa shape index (κ3) is 24.3. The first kappa shape index (κ1) is 85.5. The molecule has 0 saturated carbocycles. The molecule has 13 atom stereocenters. The second kappa shape index (κ2) is 39.5. The Kier molecular flexibility index (Phi) is 35.9. The zero-order valence-corrected chi connectivity index (χ0v) is 62.5. The number of nitrogens with one attached hydrogen (secondary N) is 4. The van der Waals surface area contributed by atoms with Crippen LogP contribution >= 0.6 is 11.8 Å². The van der Waals surface area contributed by atoms with Gasteiger partial charge in [-0.15, -0.1) is 11.8 Å². The van der Waals surface area contributed by atoms with Gasteiger partial charge in [-0.05, 0) is 101 Å². The topological polar surface area (TPSA) is 320 Å². The molecule has 0 aliphatic carbocycles. The number of amides is 11. The molecule has 26 nitrogen and oxygen atoms in total. The highest BCUT2D eigenvalue weighted by atomic mass is 32.2. The molecular weight excluding hydrogens is 1220 g/mol. The first-order valence-electron chi connectivity index (χ1n) is 33.4. The zero-order chi connectivity index (χ0) is 72.8. The number of aliphatic hydroxyl groups is 1. The molecule has 7 N–H and O–H groups in total. The van der Waals surface area contributed by atoms with Crippen LogP contribution in [-0.2, 0) is 52.7 Å². The van der Waals surface area contributed by atoms with Crippen molar-refractivity contribution in [3.05, 3.63) is 12.2 Å². The number of nitrogens with two attached hydrogens (primary N) is 1. The number of hydrogen-bond donors (Lipinski definition) is 6. The van der Waals surface area contributed by atoms with Crippen molar-refractivity contribution in [2.24, 2.45) is 52.2 Å². The fourth-order valence-electron chi connectivity index (χ4n) is 11.4. The maximum atomic E-state index is 15.4. The Balaban J connectivity index is 4.57. The van der Waals surface area contributed by atoms with Gasteiger partial charge in [-0.1, -0.05) is 109 Å². The summed E-state index contributed by atoms with van der Waals surface area (Å²) in [5.41, 5.74) is 6.13. The summed E-state index contributed by atoms with van der Waals surface area (Å²) in [4.78, 5) is 178. The molecule has 0 spiro atoms. The molecule has 94 heavy (non-hydrogen) atoms. The summed E-state index contributed by atoms with van der Waals surface area (Å²) in [5.74, 6) is -9.84. The van der Waals surface area contributed by atoms with E-state index in [0.29, 0.717) is 0 Å². The number of aliphatic imine (C=N–C) groups is 1. The normalized spacial score (nSPS) is 26.4. The van der Waals surface area contributed by atoms with Crippen LogP contribution in [0.15, 0.2) is 17.1 Å². The van der Waals surface area contributed by atoms with Crippen LogP contribution in [0.1, 0.15) is 156 Å². The lowest BCUT2D eigenvalue weighted by Crippen LogP contribution is -2.64. The molecule has 538 valence electrons. The number of thioether (sulfide) groups is 1. The van der Waals surface area contributed by atoms with E-state index in [1.54, 1.807) is 79.6 Å². The second-order valence-corrected chi connectivity index (χ2v) is 29.3. The van der Waals surface area contributed by atoms with Gasteiger partial charge in [0.2, 0.25) is 59.1 Å². The highest BCUT2D eigenvalue weighted by Gasteiger charge is 2.46. The minimum absolute atomic E-state index is 0.0316. The lowest BCUT2D eigenvalue weighted by atomic mass is 9.91. The van der Waals surface area contributed by atoms with Gasteiger partial charge >= 0.3 is 0 Å². The van der Waals surface area contributed by atoms with Crippen LogP contribution in [0.25, 0.3) is 0 Å². The van der Waals surface area contributed by atoms with Gasteiger partial charge in [0.25, 0.3) is 5.91 Å². The molecule has 1 aliphatic rings. The Morgan fingerprint density at radius 3 is 1.39 bits per heavy atom. The van der Waals surface area contributed by atoms with E-state index in [1.165, 1.54) is 92.6 Å². The first-order chi connectivity index (χ1) is 43.4. The van der Waals surface area contributed by atoms with Crippen LogP contribution in [0.3, 0.4) is 0 Å². The van der Waals surface area contributed by atoms with E-state index in [4.69, 9.17) is 5.73 Å². The molecule has 0 radical (unpaired) electrons. The van der Waals surface area contributed by atoms with E-state index in [1.807, 2.05) is 55.4 Å². The number of likely N-dealkylation sites (N-methyl/N-ethyl adjacent to an activating group) is 7. The van der Waals surface area contributed by atoms with E-state index in [2.05, 4.69) is 26.3 Å². The number of carbonyl (C=O) groups is 11. The molecule has 1 aliphatic heterocycles. The minimum Gasteiger partial charge on any atom is -0.390 e. The van der Waals surface area contributed by atoms with Crippen LogP contribution in [0, 0.1) is 41.4 Å². The Labute approximate surface area is 566 Å². The molecule has 0 bridgehead atoms. The van der Waals surface area contributed by atoms with Crippen LogP contribution in [0.4, 0.5) is 0 Å². The number of carbonyl (C=O) groups excluding carboxylic acids is 11. The molecule has 0 aromatic heterocycles. The Bertz CT molecular complexity index is 2620. The monoisotopic (exact) mass is 1350 g/mol. The lowest BCUT2D eigenvalue weighted by Gasteiger charge is -2.41. The Morgan fingerprint density at radius 1 is 0.521 bits per heavy atom. The van der Waals surface area contributed by atoms with Crippen LogP contribution in [0.2, 0.25) is 0 Å². The van der Waals surface area contributed by atoms with E-state index >= 15 is 28.8 Å². The molecule has 0 aromatic rings. The van der Waals surface area contributed by atoms with Crippen molar-refractivity contribution in [1.82, 2.24) is 60.5 Å². The van der Waals surface area contributed by atoms with Crippen molar-refractivity contribution in [2.75, 3.05) is 75.7 Å². The van der Waals surface area contributed by atoms with Gasteiger partial charge in [0, 0.05) is 69.2 Å². The second-order valence-electron chi connectivity index (χ2n) is 28.1. The predicted octanol–water partition coefficient (Wildman–Crippen LogP) is 3.20. The van der Waals surface area contributed by atoms with Crippen molar-refractivity contribution in [3.8, 4) is 0 Å². The zero-order valence-electron chi connectivity index (χ0n) is 61.7. The lowest BCUT2D eigenvalue weighted by molar-refractivity contribution is -0.157. The number of aliphatic hydroxyl groups excluding tert-OH is 1. The molecule has 1 rings (SSSR count). The van der Waals surface area contributed by atoms with Crippen LogP contribution in [0.5, 0.6) is 0 Å². The smallest absolute Gasteiger partial charge is 0.256 e. The molecule has 1 saturated heterocycles.